The van der Waals surface area contributed by atoms with E-state index in [0.717, 1.165) is 10.9 Å². The standard InChI is InChI=1S/C15H16N4O.2C2H6/c1-8-4-10-6-13(18-12(10)5-9(8)2)14(20)11-7-17-19(3)15(11)16;2*1-2/h4-7,18H,16H2,1-3H3;2*1-2H3. The minimum Gasteiger partial charge on any atom is -0.383 e. The number of aromatic nitrogens is 3. The van der Waals surface area contributed by atoms with Crippen LogP contribution in [-0.4, -0.2) is 20.5 Å². The summed E-state index contributed by atoms with van der Waals surface area (Å²) in [5.74, 6) is 0.239. The molecule has 0 radical (unpaired) electrons. The number of hydrogen-bond acceptors (Lipinski definition) is 3. The minimum atomic E-state index is -0.137. The topological polar surface area (TPSA) is 76.7 Å². The van der Waals surface area contributed by atoms with E-state index in [2.05, 4.69) is 30.0 Å². The van der Waals surface area contributed by atoms with Crippen molar-refractivity contribution in [2.45, 2.75) is 41.5 Å². The molecule has 0 unspecified atom stereocenters. The number of benzene rings is 1. The summed E-state index contributed by atoms with van der Waals surface area (Å²) in [4.78, 5) is 15.6. The molecule has 0 spiro atoms. The number of nitrogens with two attached hydrogens (primary N) is 1. The highest BCUT2D eigenvalue weighted by Gasteiger charge is 2.18. The van der Waals surface area contributed by atoms with Crippen molar-refractivity contribution >= 4 is 22.5 Å². The molecule has 1 aromatic carbocycles. The second-order valence-electron chi connectivity index (χ2n) is 5.10. The van der Waals surface area contributed by atoms with Crippen LogP contribution in [0.5, 0.6) is 0 Å². The summed E-state index contributed by atoms with van der Waals surface area (Å²) in [6, 6.07) is 5.98. The third-order valence-electron chi connectivity index (χ3n) is 3.71. The van der Waals surface area contributed by atoms with Crippen LogP contribution in [0.3, 0.4) is 0 Å². The molecule has 0 aliphatic heterocycles. The van der Waals surface area contributed by atoms with E-state index in [1.807, 2.05) is 39.8 Å². The number of ketones is 1. The first-order valence-corrected chi connectivity index (χ1v) is 8.39. The molecule has 5 nitrogen and oxygen atoms in total. The Hall–Kier alpha value is -2.56. The maximum Gasteiger partial charge on any atom is 0.214 e. The average molecular weight is 328 g/mol. The number of hydrogen-bond donors (Lipinski definition) is 2. The molecule has 3 aromatic rings. The second-order valence-corrected chi connectivity index (χ2v) is 5.10. The summed E-state index contributed by atoms with van der Waals surface area (Å²) in [6.45, 7) is 12.1. The maximum absolute atomic E-state index is 12.5. The van der Waals surface area contributed by atoms with E-state index in [9.17, 15) is 4.79 Å². The van der Waals surface area contributed by atoms with Gasteiger partial charge in [0.15, 0.2) is 0 Å². The molecule has 0 fully saturated rings. The molecule has 3 rings (SSSR count). The minimum absolute atomic E-state index is 0.137. The first-order valence-electron chi connectivity index (χ1n) is 8.39. The predicted molar refractivity (Wildman–Crippen MR) is 102 cm³/mol. The summed E-state index contributed by atoms with van der Waals surface area (Å²) >= 11 is 0. The highest BCUT2D eigenvalue weighted by Crippen LogP contribution is 2.22. The zero-order valence-electron chi connectivity index (χ0n) is 15.7. The number of nitrogens with zero attached hydrogens (tertiary/aromatic N) is 2. The first kappa shape index (κ1) is 19.5. The van der Waals surface area contributed by atoms with Crippen molar-refractivity contribution in [2.75, 3.05) is 5.73 Å². The number of rotatable bonds is 2. The van der Waals surface area contributed by atoms with Gasteiger partial charge in [-0.15, -0.1) is 0 Å². The Kier molecular flexibility index (Phi) is 6.77. The lowest BCUT2D eigenvalue weighted by Crippen LogP contribution is -2.06. The van der Waals surface area contributed by atoms with Gasteiger partial charge in [0.25, 0.3) is 0 Å². The van der Waals surface area contributed by atoms with Crippen LogP contribution >= 0.6 is 0 Å². The highest BCUT2D eigenvalue weighted by molar-refractivity contribution is 6.12. The normalized spacial score (nSPS) is 9.79. The van der Waals surface area contributed by atoms with Crippen LogP contribution in [0.1, 0.15) is 54.9 Å². The number of aryl methyl sites for hydroxylation is 3. The molecule has 0 amide bonds. The van der Waals surface area contributed by atoms with E-state index in [0.29, 0.717) is 17.1 Å². The molecule has 2 aromatic heterocycles. The summed E-state index contributed by atoms with van der Waals surface area (Å²) < 4.78 is 1.49. The number of anilines is 1. The Labute approximate surface area is 143 Å². The Morgan fingerprint density at radius 2 is 1.67 bits per heavy atom. The highest BCUT2D eigenvalue weighted by atomic mass is 16.1. The fourth-order valence-electron chi connectivity index (χ4n) is 2.29. The lowest BCUT2D eigenvalue weighted by Gasteiger charge is -1.98. The quantitative estimate of drug-likeness (QED) is 0.685. The monoisotopic (exact) mass is 328 g/mol. The lowest BCUT2D eigenvalue weighted by atomic mass is 10.1. The van der Waals surface area contributed by atoms with E-state index in [1.165, 1.54) is 22.0 Å². The molecule has 3 N–H and O–H groups in total. The molecular formula is C19H28N4O. The van der Waals surface area contributed by atoms with Crippen LogP contribution in [0.4, 0.5) is 5.82 Å². The van der Waals surface area contributed by atoms with Gasteiger partial charge < -0.3 is 10.7 Å². The molecule has 0 aliphatic carbocycles. The van der Waals surface area contributed by atoms with Gasteiger partial charge >= 0.3 is 0 Å². The smallest absolute Gasteiger partial charge is 0.214 e. The van der Waals surface area contributed by atoms with Crippen LogP contribution in [0, 0.1) is 13.8 Å². The van der Waals surface area contributed by atoms with Gasteiger partial charge in [-0.3, -0.25) is 9.48 Å². The molecule has 5 heteroatoms. The van der Waals surface area contributed by atoms with Gasteiger partial charge in [0.2, 0.25) is 5.78 Å². The number of carbonyl (C=O) groups excluding carboxylic acids is 1. The van der Waals surface area contributed by atoms with Crippen molar-refractivity contribution in [1.29, 1.82) is 0 Å². The zero-order valence-corrected chi connectivity index (χ0v) is 15.7. The van der Waals surface area contributed by atoms with Crippen LogP contribution in [0.2, 0.25) is 0 Å². The average Bonchev–Trinajstić information content (AvgIpc) is 3.15. The predicted octanol–water partition coefficient (Wildman–Crippen LogP) is 4.38. The van der Waals surface area contributed by atoms with Crippen molar-refractivity contribution in [2.24, 2.45) is 7.05 Å². The van der Waals surface area contributed by atoms with Crippen LogP contribution in [-0.2, 0) is 7.05 Å². The Morgan fingerprint density at radius 1 is 1.08 bits per heavy atom. The molecule has 0 saturated heterocycles. The van der Waals surface area contributed by atoms with Crippen LogP contribution in [0.25, 0.3) is 10.9 Å². The Bertz CT molecular complexity index is 788. The first-order chi connectivity index (χ1) is 11.5. The molecule has 0 bridgehead atoms. The molecule has 24 heavy (non-hydrogen) atoms. The van der Waals surface area contributed by atoms with Gasteiger partial charge in [-0.05, 0) is 43.2 Å². The third-order valence-corrected chi connectivity index (χ3v) is 3.71. The summed E-state index contributed by atoms with van der Waals surface area (Å²) in [7, 11) is 1.71. The number of aromatic amines is 1. The van der Waals surface area contributed by atoms with E-state index in [4.69, 9.17) is 5.73 Å². The third kappa shape index (κ3) is 3.67. The van der Waals surface area contributed by atoms with Gasteiger partial charge in [-0.25, -0.2) is 0 Å². The van der Waals surface area contributed by atoms with E-state index < -0.39 is 0 Å². The molecule has 0 aliphatic rings. The summed E-state index contributed by atoms with van der Waals surface area (Å²) in [5.41, 5.74) is 10.2. The van der Waals surface area contributed by atoms with Crippen LogP contribution in [0.15, 0.2) is 24.4 Å². The molecule has 0 saturated carbocycles. The molecular weight excluding hydrogens is 300 g/mol. The van der Waals surface area contributed by atoms with Gasteiger partial charge in [0, 0.05) is 18.0 Å². The fourth-order valence-corrected chi connectivity index (χ4v) is 2.29. The van der Waals surface area contributed by atoms with E-state index in [1.54, 1.807) is 7.05 Å². The van der Waals surface area contributed by atoms with Gasteiger partial charge in [0.1, 0.15) is 5.82 Å². The van der Waals surface area contributed by atoms with Crippen molar-refractivity contribution in [1.82, 2.24) is 14.8 Å². The molecule has 2 heterocycles. The Morgan fingerprint density at radius 3 is 2.21 bits per heavy atom. The number of nitrogen functional groups attached to an aromatic ring is 1. The molecule has 130 valence electrons. The van der Waals surface area contributed by atoms with E-state index >= 15 is 0 Å². The largest absolute Gasteiger partial charge is 0.383 e. The summed E-state index contributed by atoms with van der Waals surface area (Å²) in [5, 5.41) is 5.03. The molecule has 0 atom stereocenters. The second kappa shape index (κ2) is 8.34. The number of fused-ring (bicyclic) bond motifs is 1. The van der Waals surface area contributed by atoms with Crippen molar-refractivity contribution < 1.29 is 4.79 Å². The number of nitrogens with one attached hydrogen (secondary N) is 1. The van der Waals surface area contributed by atoms with Crippen molar-refractivity contribution in [3.8, 4) is 0 Å². The number of H-pyrrole nitrogens is 1. The van der Waals surface area contributed by atoms with Crippen molar-refractivity contribution in [3.05, 3.63) is 46.8 Å². The SMILES string of the molecule is CC.CC.Cc1cc2cc(C(=O)c3cnn(C)c3N)[nH]c2cc1C. The van der Waals surface area contributed by atoms with Gasteiger partial charge in [-0.1, -0.05) is 27.7 Å². The fraction of sp³-hybridized carbons (Fsp3) is 0.368. The maximum atomic E-state index is 12.5. The van der Waals surface area contributed by atoms with Gasteiger partial charge in [0.05, 0.1) is 17.5 Å². The van der Waals surface area contributed by atoms with E-state index in [-0.39, 0.29) is 5.78 Å². The number of carbonyl (C=O) groups is 1. The Balaban J connectivity index is 0.000000671. The lowest BCUT2D eigenvalue weighted by molar-refractivity contribution is 0.103. The van der Waals surface area contributed by atoms with Crippen molar-refractivity contribution in [3.63, 3.8) is 0 Å². The summed E-state index contributed by atoms with van der Waals surface area (Å²) in [6.07, 6.45) is 1.50. The van der Waals surface area contributed by atoms with Crippen LogP contribution < -0.4 is 5.73 Å². The van der Waals surface area contributed by atoms with Gasteiger partial charge in [-0.2, -0.15) is 5.10 Å². The zero-order chi connectivity index (χ0) is 18.4.